The fourth-order valence-electron chi connectivity index (χ4n) is 3.34. The van der Waals surface area contributed by atoms with Crippen molar-refractivity contribution in [2.45, 2.75) is 51.5 Å². The van der Waals surface area contributed by atoms with Gasteiger partial charge in [-0.15, -0.1) is 0 Å². The van der Waals surface area contributed by atoms with Crippen LogP contribution in [0.25, 0.3) is 0 Å². The molecule has 0 radical (unpaired) electrons. The van der Waals surface area contributed by atoms with E-state index in [4.69, 9.17) is 10.5 Å². The first kappa shape index (κ1) is 13.3. The molecule has 2 aliphatic rings. The number of hydrogen-bond acceptors (Lipinski definition) is 3. The first-order valence-corrected chi connectivity index (χ1v) is 7.20. The summed E-state index contributed by atoms with van der Waals surface area (Å²) in [7, 11) is 0. The lowest BCUT2D eigenvalue weighted by Gasteiger charge is -2.43. The molecule has 0 aromatic heterocycles. The van der Waals surface area contributed by atoms with Crippen molar-refractivity contribution in [1.82, 2.24) is 4.90 Å². The number of likely N-dealkylation sites (tertiary alicyclic amines) is 1. The molecule has 100 valence electrons. The van der Waals surface area contributed by atoms with Crippen LogP contribution in [0.3, 0.4) is 0 Å². The molecular weight excluding hydrogens is 212 g/mol. The highest BCUT2D eigenvalue weighted by Crippen LogP contribution is 2.38. The summed E-state index contributed by atoms with van der Waals surface area (Å²) in [5, 5.41) is 0. The fraction of sp³-hybridized carbons (Fsp3) is 1.00. The zero-order valence-electron chi connectivity index (χ0n) is 11.5. The molecule has 2 fully saturated rings. The SMILES string of the molecule is CCC1(CC)CCN(CC2(N)CCOC2)CC1. The summed E-state index contributed by atoms with van der Waals surface area (Å²) in [5.74, 6) is 0. The van der Waals surface area contributed by atoms with E-state index in [2.05, 4.69) is 18.7 Å². The quantitative estimate of drug-likeness (QED) is 0.817. The van der Waals surface area contributed by atoms with Crippen molar-refractivity contribution in [1.29, 1.82) is 0 Å². The van der Waals surface area contributed by atoms with Crippen molar-refractivity contribution in [2.75, 3.05) is 32.8 Å². The van der Waals surface area contributed by atoms with Crippen LogP contribution in [0.1, 0.15) is 46.0 Å². The van der Waals surface area contributed by atoms with Crippen molar-refractivity contribution < 1.29 is 4.74 Å². The van der Waals surface area contributed by atoms with Gasteiger partial charge in [0.1, 0.15) is 0 Å². The van der Waals surface area contributed by atoms with Crippen molar-refractivity contribution in [3.05, 3.63) is 0 Å². The molecule has 3 nitrogen and oxygen atoms in total. The number of piperidine rings is 1. The van der Waals surface area contributed by atoms with Crippen molar-refractivity contribution >= 4 is 0 Å². The van der Waals surface area contributed by atoms with Crippen LogP contribution in [-0.4, -0.2) is 43.3 Å². The molecule has 0 aromatic carbocycles. The summed E-state index contributed by atoms with van der Waals surface area (Å²) in [5.41, 5.74) is 6.90. The van der Waals surface area contributed by atoms with Gasteiger partial charge in [0.15, 0.2) is 0 Å². The molecule has 1 unspecified atom stereocenters. The predicted molar refractivity (Wildman–Crippen MR) is 71.0 cm³/mol. The number of rotatable bonds is 4. The molecule has 2 heterocycles. The van der Waals surface area contributed by atoms with E-state index in [1.54, 1.807) is 0 Å². The molecule has 2 saturated heterocycles. The lowest BCUT2D eigenvalue weighted by Crippen LogP contribution is -2.53. The van der Waals surface area contributed by atoms with Gasteiger partial charge in [0, 0.05) is 13.2 Å². The Morgan fingerprint density at radius 2 is 1.76 bits per heavy atom. The summed E-state index contributed by atoms with van der Waals surface area (Å²) in [6.07, 6.45) is 6.37. The molecule has 0 bridgehead atoms. The van der Waals surface area contributed by atoms with Crippen LogP contribution in [0.15, 0.2) is 0 Å². The van der Waals surface area contributed by atoms with Crippen LogP contribution in [0.2, 0.25) is 0 Å². The van der Waals surface area contributed by atoms with Gasteiger partial charge in [-0.1, -0.05) is 26.7 Å². The van der Waals surface area contributed by atoms with Crippen LogP contribution >= 0.6 is 0 Å². The first-order valence-electron chi connectivity index (χ1n) is 7.20. The Balaban J connectivity index is 1.83. The average molecular weight is 240 g/mol. The fourth-order valence-corrected chi connectivity index (χ4v) is 3.34. The molecule has 2 N–H and O–H groups in total. The average Bonchev–Trinajstić information content (AvgIpc) is 2.77. The third-order valence-corrected chi connectivity index (χ3v) is 5.09. The van der Waals surface area contributed by atoms with E-state index >= 15 is 0 Å². The second-order valence-corrected chi connectivity index (χ2v) is 6.15. The molecule has 0 aromatic rings. The van der Waals surface area contributed by atoms with Crippen molar-refractivity contribution in [3.63, 3.8) is 0 Å². The minimum Gasteiger partial charge on any atom is -0.379 e. The highest BCUT2D eigenvalue weighted by atomic mass is 16.5. The monoisotopic (exact) mass is 240 g/mol. The topological polar surface area (TPSA) is 38.5 Å². The van der Waals surface area contributed by atoms with E-state index < -0.39 is 0 Å². The van der Waals surface area contributed by atoms with Gasteiger partial charge in [0.05, 0.1) is 12.1 Å². The summed E-state index contributed by atoms with van der Waals surface area (Å²) in [4.78, 5) is 2.55. The van der Waals surface area contributed by atoms with Gasteiger partial charge >= 0.3 is 0 Å². The van der Waals surface area contributed by atoms with Crippen LogP contribution < -0.4 is 5.73 Å². The minimum absolute atomic E-state index is 0.0710. The Kier molecular flexibility index (Phi) is 4.11. The largest absolute Gasteiger partial charge is 0.379 e. The molecular formula is C14H28N2O. The Hall–Kier alpha value is -0.120. The highest BCUT2D eigenvalue weighted by Gasteiger charge is 2.36. The minimum atomic E-state index is -0.0710. The zero-order valence-corrected chi connectivity index (χ0v) is 11.5. The van der Waals surface area contributed by atoms with E-state index in [1.807, 2.05) is 0 Å². The third-order valence-electron chi connectivity index (χ3n) is 5.09. The van der Waals surface area contributed by atoms with Gasteiger partial charge in [-0.25, -0.2) is 0 Å². The van der Waals surface area contributed by atoms with Gasteiger partial charge < -0.3 is 15.4 Å². The molecule has 3 heteroatoms. The number of ether oxygens (including phenoxy) is 1. The van der Waals surface area contributed by atoms with Gasteiger partial charge in [-0.05, 0) is 37.8 Å². The van der Waals surface area contributed by atoms with Gasteiger partial charge in [-0.2, -0.15) is 0 Å². The third kappa shape index (κ3) is 3.01. The van der Waals surface area contributed by atoms with E-state index in [0.717, 1.165) is 26.2 Å². The molecule has 1 atom stereocenters. The van der Waals surface area contributed by atoms with Crippen LogP contribution in [0.4, 0.5) is 0 Å². The van der Waals surface area contributed by atoms with Crippen LogP contribution in [0, 0.1) is 5.41 Å². The summed E-state index contributed by atoms with van der Waals surface area (Å²) in [6, 6.07) is 0. The second kappa shape index (κ2) is 5.25. The van der Waals surface area contributed by atoms with Crippen LogP contribution in [-0.2, 0) is 4.74 Å². The summed E-state index contributed by atoms with van der Waals surface area (Å²) < 4.78 is 5.43. The second-order valence-electron chi connectivity index (χ2n) is 6.15. The molecule has 0 aliphatic carbocycles. The van der Waals surface area contributed by atoms with E-state index in [-0.39, 0.29) is 5.54 Å². The van der Waals surface area contributed by atoms with Crippen molar-refractivity contribution in [3.8, 4) is 0 Å². The molecule has 0 amide bonds. The maximum atomic E-state index is 6.36. The molecule has 0 saturated carbocycles. The Bertz CT molecular complexity index is 235. The maximum Gasteiger partial charge on any atom is 0.0659 e. The Morgan fingerprint density at radius 1 is 1.12 bits per heavy atom. The van der Waals surface area contributed by atoms with E-state index in [1.165, 1.54) is 38.8 Å². The lowest BCUT2D eigenvalue weighted by molar-refractivity contribution is 0.0746. The number of hydrogen-bond donors (Lipinski definition) is 1. The summed E-state index contributed by atoms with van der Waals surface area (Å²) in [6.45, 7) is 9.74. The maximum absolute atomic E-state index is 6.36. The highest BCUT2D eigenvalue weighted by molar-refractivity contribution is 4.93. The Labute approximate surface area is 106 Å². The summed E-state index contributed by atoms with van der Waals surface area (Å²) >= 11 is 0. The predicted octanol–water partition coefficient (Wildman–Crippen LogP) is 2.01. The smallest absolute Gasteiger partial charge is 0.0659 e. The van der Waals surface area contributed by atoms with Gasteiger partial charge in [0.2, 0.25) is 0 Å². The zero-order chi connectivity index (χ0) is 12.4. The number of nitrogens with two attached hydrogens (primary N) is 1. The lowest BCUT2D eigenvalue weighted by atomic mass is 9.74. The van der Waals surface area contributed by atoms with Gasteiger partial charge in [0.25, 0.3) is 0 Å². The van der Waals surface area contributed by atoms with E-state index in [0.29, 0.717) is 5.41 Å². The molecule has 0 spiro atoms. The van der Waals surface area contributed by atoms with Crippen LogP contribution in [0.5, 0.6) is 0 Å². The first-order chi connectivity index (χ1) is 8.11. The molecule has 17 heavy (non-hydrogen) atoms. The molecule has 2 rings (SSSR count). The Morgan fingerprint density at radius 3 is 2.24 bits per heavy atom. The molecule has 2 aliphatic heterocycles. The normalized spacial score (nSPS) is 34.1. The standard InChI is InChI=1S/C14H28N2O/c1-3-13(4-2)5-8-16(9-6-13)11-14(15)7-10-17-12-14/h3-12,15H2,1-2H3. The number of nitrogens with zero attached hydrogens (tertiary/aromatic N) is 1. The van der Waals surface area contributed by atoms with Gasteiger partial charge in [-0.3, -0.25) is 0 Å². The van der Waals surface area contributed by atoms with Crippen molar-refractivity contribution in [2.24, 2.45) is 11.1 Å². The van der Waals surface area contributed by atoms with E-state index in [9.17, 15) is 0 Å².